The van der Waals surface area contributed by atoms with Gasteiger partial charge in [-0.15, -0.1) is 0 Å². The second-order valence-electron chi connectivity index (χ2n) is 3.95. The highest BCUT2D eigenvalue weighted by atomic mass is 16.5. The Labute approximate surface area is 94.2 Å². The van der Waals surface area contributed by atoms with Crippen LogP contribution >= 0.6 is 0 Å². The van der Waals surface area contributed by atoms with Gasteiger partial charge in [-0.3, -0.25) is 4.79 Å². The van der Waals surface area contributed by atoms with Crippen molar-refractivity contribution < 1.29 is 4.74 Å². The summed E-state index contributed by atoms with van der Waals surface area (Å²) >= 11 is 0. The molecule has 2 N–H and O–H groups in total. The number of ether oxygens (including phenoxy) is 1. The monoisotopic (exact) mass is 223 g/mol. The van der Waals surface area contributed by atoms with Crippen molar-refractivity contribution in [2.45, 2.75) is 25.9 Å². The molecule has 1 aromatic heterocycles. The molecule has 0 bridgehead atoms. The van der Waals surface area contributed by atoms with Crippen LogP contribution in [-0.4, -0.2) is 30.2 Å². The van der Waals surface area contributed by atoms with Crippen LogP contribution in [0.2, 0.25) is 0 Å². The topological polar surface area (TPSA) is 67.0 Å². The lowest BCUT2D eigenvalue weighted by Gasteiger charge is -2.15. The van der Waals surface area contributed by atoms with Crippen molar-refractivity contribution in [3.8, 4) is 0 Å². The van der Waals surface area contributed by atoms with Gasteiger partial charge in [0, 0.05) is 18.4 Å². The number of aromatic nitrogens is 2. The molecule has 5 heteroatoms. The Kier molecular flexibility index (Phi) is 3.69. The molecular weight excluding hydrogens is 206 g/mol. The average Bonchev–Trinajstić information content (AvgIpc) is 2.30. The van der Waals surface area contributed by atoms with Gasteiger partial charge >= 0.3 is 0 Å². The zero-order valence-electron chi connectivity index (χ0n) is 9.51. The van der Waals surface area contributed by atoms with Crippen LogP contribution in [-0.2, 0) is 24.2 Å². The Morgan fingerprint density at radius 2 is 2.44 bits per heavy atom. The van der Waals surface area contributed by atoms with Crippen molar-refractivity contribution >= 4 is 0 Å². The second-order valence-corrected chi connectivity index (χ2v) is 3.95. The first-order chi connectivity index (χ1) is 7.81. The van der Waals surface area contributed by atoms with Crippen LogP contribution in [0.3, 0.4) is 0 Å². The zero-order valence-corrected chi connectivity index (χ0v) is 9.51. The fourth-order valence-corrected chi connectivity index (χ4v) is 1.87. The summed E-state index contributed by atoms with van der Waals surface area (Å²) in [6.45, 7) is 2.02. The summed E-state index contributed by atoms with van der Waals surface area (Å²) in [7, 11) is 1.91. The van der Waals surface area contributed by atoms with Crippen LogP contribution in [0, 0.1) is 0 Å². The summed E-state index contributed by atoms with van der Waals surface area (Å²) in [5, 5.41) is 3.07. The van der Waals surface area contributed by atoms with Crippen LogP contribution < -0.4 is 10.9 Å². The highest BCUT2D eigenvalue weighted by Crippen LogP contribution is 2.10. The van der Waals surface area contributed by atoms with Crippen molar-refractivity contribution in [3.05, 3.63) is 27.4 Å². The SMILES string of the molecule is CNCCCc1nc2c(c(=O)[nH]1)CCOC2. The van der Waals surface area contributed by atoms with E-state index < -0.39 is 0 Å². The van der Waals surface area contributed by atoms with Crippen LogP contribution in [0.1, 0.15) is 23.5 Å². The van der Waals surface area contributed by atoms with Crippen molar-refractivity contribution in [3.63, 3.8) is 0 Å². The third-order valence-corrected chi connectivity index (χ3v) is 2.73. The summed E-state index contributed by atoms with van der Waals surface area (Å²) in [6.07, 6.45) is 2.44. The summed E-state index contributed by atoms with van der Waals surface area (Å²) in [4.78, 5) is 19.0. The molecule has 1 aromatic rings. The quantitative estimate of drug-likeness (QED) is 0.705. The van der Waals surface area contributed by atoms with Crippen molar-refractivity contribution in [1.82, 2.24) is 15.3 Å². The molecule has 88 valence electrons. The number of H-pyrrole nitrogens is 1. The van der Waals surface area contributed by atoms with E-state index in [1.165, 1.54) is 0 Å². The predicted octanol–water partition coefficient (Wildman–Crippen LogP) is -0.00540. The molecule has 0 unspecified atom stereocenters. The molecule has 1 aliphatic rings. The Bertz CT molecular complexity index is 414. The molecule has 0 saturated carbocycles. The minimum Gasteiger partial charge on any atom is -0.375 e. The predicted molar refractivity (Wildman–Crippen MR) is 60.5 cm³/mol. The van der Waals surface area contributed by atoms with E-state index in [2.05, 4.69) is 15.3 Å². The van der Waals surface area contributed by atoms with E-state index in [0.29, 0.717) is 19.6 Å². The molecule has 0 aliphatic carbocycles. The third kappa shape index (κ3) is 2.48. The minimum absolute atomic E-state index is 0.00718. The van der Waals surface area contributed by atoms with Crippen molar-refractivity contribution in [1.29, 1.82) is 0 Å². The standard InChI is InChI=1S/C11H17N3O2/c1-12-5-2-3-10-13-9-7-16-6-4-8(9)11(15)14-10/h12H,2-7H2,1H3,(H,13,14,15). The minimum atomic E-state index is 0.00718. The third-order valence-electron chi connectivity index (χ3n) is 2.73. The molecule has 16 heavy (non-hydrogen) atoms. The number of rotatable bonds is 4. The highest BCUT2D eigenvalue weighted by molar-refractivity contribution is 5.19. The Morgan fingerprint density at radius 3 is 3.25 bits per heavy atom. The van der Waals surface area contributed by atoms with Gasteiger partial charge in [0.25, 0.3) is 5.56 Å². The number of hydrogen-bond acceptors (Lipinski definition) is 4. The molecule has 2 rings (SSSR count). The molecule has 0 aromatic carbocycles. The molecule has 1 aliphatic heterocycles. The number of hydrogen-bond donors (Lipinski definition) is 2. The number of aryl methyl sites for hydroxylation is 1. The molecule has 5 nitrogen and oxygen atoms in total. The van der Waals surface area contributed by atoms with Gasteiger partial charge < -0.3 is 15.0 Å². The molecule has 0 amide bonds. The summed E-state index contributed by atoms with van der Waals surface area (Å²) in [6, 6.07) is 0. The lowest BCUT2D eigenvalue weighted by Crippen LogP contribution is -2.25. The van der Waals surface area contributed by atoms with Crippen molar-refractivity contribution in [2.24, 2.45) is 0 Å². The van der Waals surface area contributed by atoms with E-state index in [9.17, 15) is 4.79 Å². The number of nitrogens with zero attached hydrogens (tertiary/aromatic N) is 1. The Hall–Kier alpha value is -1.20. The number of aromatic amines is 1. The summed E-state index contributed by atoms with van der Waals surface area (Å²) < 4.78 is 5.30. The van der Waals surface area contributed by atoms with E-state index in [-0.39, 0.29) is 5.56 Å². The van der Waals surface area contributed by atoms with Gasteiger partial charge in [-0.25, -0.2) is 4.98 Å². The molecular formula is C11H17N3O2. The molecule has 0 atom stereocenters. The normalized spacial score (nSPS) is 14.8. The van der Waals surface area contributed by atoms with E-state index in [4.69, 9.17) is 4.74 Å². The van der Waals surface area contributed by atoms with Gasteiger partial charge in [-0.05, 0) is 20.0 Å². The van der Waals surface area contributed by atoms with Gasteiger partial charge in [0.2, 0.25) is 0 Å². The Morgan fingerprint density at radius 1 is 1.56 bits per heavy atom. The van der Waals surface area contributed by atoms with Crippen LogP contribution in [0.25, 0.3) is 0 Å². The van der Waals surface area contributed by atoms with E-state index in [0.717, 1.165) is 36.5 Å². The molecule has 0 fully saturated rings. The number of fused-ring (bicyclic) bond motifs is 1. The highest BCUT2D eigenvalue weighted by Gasteiger charge is 2.15. The smallest absolute Gasteiger partial charge is 0.254 e. The van der Waals surface area contributed by atoms with Gasteiger partial charge in [-0.1, -0.05) is 0 Å². The fraction of sp³-hybridized carbons (Fsp3) is 0.636. The first kappa shape index (κ1) is 11.3. The summed E-state index contributed by atoms with van der Waals surface area (Å²) in [5.41, 5.74) is 1.62. The van der Waals surface area contributed by atoms with Gasteiger partial charge in [0.05, 0.1) is 18.9 Å². The zero-order chi connectivity index (χ0) is 11.4. The van der Waals surface area contributed by atoms with Gasteiger partial charge in [0.15, 0.2) is 0 Å². The fourth-order valence-electron chi connectivity index (χ4n) is 1.87. The molecule has 2 heterocycles. The van der Waals surface area contributed by atoms with E-state index in [1.54, 1.807) is 0 Å². The maximum Gasteiger partial charge on any atom is 0.254 e. The van der Waals surface area contributed by atoms with Crippen LogP contribution in [0.15, 0.2) is 4.79 Å². The van der Waals surface area contributed by atoms with E-state index in [1.807, 2.05) is 7.05 Å². The first-order valence-electron chi connectivity index (χ1n) is 5.64. The molecule has 0 radical (unpaired) electrons. The number of nitrogens with one attached hydrogen (secondary N) is 2. The lowest BCUT2D eigenvalue weighted by molar-refractivity contribution is 0.106. The first-order valence-corrected chi connectivity index (χ1v) is 5.64. The average molecular weight is 223 g/mol. The van der Waals surface area contributed by atoms with E-state index >= 15 is 0 Å². The Balaban J connectivity index is 2.15. The van der Waals surface area contributed by atoms with Gasteiger partial charge in [-0.2, -0.15) is 0 Å². The lowest BCUT2D eigenvalue weighted by atomic mass is 10.1. The second kappa shape index (κ2) is 5.23. The summed E-state index contributed by atoms with van der Waals surface area (Å²) in [5.74, 6) is 0.768. The largest absolute Gasteiger partial charge is 0.375 e. The molecule has 0 saturated heterocycles. The maximum atomic E-state index is 11.8. The van der Waals surface area contributed by atoms with Crippen molar-refractivity contribution in [2.75, 3.05) is 20.2 Å². The maximum absolute atomic E-state index is 11.8. The van der Waals surface area contributed by atoms with Crippen LogP contribution in [0.4, 0.5) is 0 Å². The van der Waals surface area contributed by atoms with Gasteiger partial charge in [0.1, 0.15) is 5.82 Å². The van der Waals surface area contributed by atoms with Crippen LogP contribution in [0.5, 0.6) is 0 Å². The molecule has 0 spiro atoms.